The van der Waals surface area contributed by atoms with E-state index >= 15 is 0 Å². The van der Waals surface area contributed by atoms with Gasteiger partial charge >= 0.3 is 0 Å². The summed E-state index contributed by atoms with van der Waals surface area (Å²) < 4.78 is 0. The van der Waals surface area contributed by atoms with Crippen LogP contribution in [-0.4, -0.2) is 17.5 Å². The Kier molecular flexibility index (Phi) is 14.5. The number of nitrogens with one attached hydrogen (secondary N) is 2. The van der Waals surface area contributed by atoms with Crippen LogP contribution in [0.4, 0.5) is 0 Å². The molecule has 0 aromatic heterocycles. The van der Waals surface area contributed by atoms with E-state index in [0.29, 0.717) is 12.4 Å². The van der Waals surface area contributed by atoms with Crippen molar-refractivity contribution in [3.05, 3.63) is 228 Å². The van der Waals surface area contributed by atoms with Gasteiger partial charge in [0.2, 0.25) is 0 Å². The van der Waals surface area contributed by atoms with Crippen LogP contribution >= 0.6 is 0 Å². The molecule has 8 N–H and O–H groups in total. The molecule has 8 aromatic carbocycles. The Morgan fingerprint density at radius 2 is 0.857 bits per heavy atom. The molecule has 0 aliphatic heterocycles. The van der Waals surface area contributed by atoms with Crippen molar-refractivity contribution in [2.45, 2.75) is 20.4 Å². The number of aryl methyl sites for hydroxylation is 2. The van der Waals surface area contributed by atoms with Gasteiger partial charge in [-0.25, -0.2) is 4.99 Å². The molecule has 0 radical (unpaired) electrons. The summed E-state index contributed by atoms with van der Waals surface area (Å²) in [4.78, 5) is 4.10. The maximum atomic E-state index is 7.84. The van der Waals surface area contributed by atoms with Gasteiger partial charge in [0.25, 0.3) is 0 Å². The van der Waals surface area contributed by atoms with E-state index in [4.69, 9.17) is 28.0 Å². The molecular formula is C50H48N6. The smallest absolute Gasteiger partial charge is 0.154 e. The zero-order valence-corrected chi connectivity index (χ0v) is 31.9. The van der Waals surface area contributed by atoms with Gasteiger partial charge < -0.3 is 17.2 Å². The Balaban J connectivity index is 0.000000155. The Bertz CT molecular complexity index is 2500. The molecular weight excluding hydrogens is 685 g/mol. The highest BCUT2D eigenvalue weighted by atomic mass is 14.9. The molecule has 0 spiro atoms. The van der Waals surface area contributed by atoms with Gasteiger partial charge in [-0.2, -0.15) is 0 Å². The summed E-state index contributed by atoms with van der Waals surface area (Å²) >= 11 is 0. The molecule has 278 valence electrons. The van der Waals surface area contributed by atoms with Crippen LogP contribution in [0.3, 0.4) is 0 Å². The first-order valence-corrected chi connectivity index (χ1v) is 18.4. The Morgan fingerprint density at radius 1 is 0.446 bits per heavy atom. The first kappa shape index (κ1) is 40.0. The van der Waals surface area contributed by atoms with Gasteiger partial charge in [-0.05, 0) is 69.3 Å². The summed E-state index contributed by atoms with van der Waals surface area (Å²) in [6.45, 7) is 5.10. The first-order chi connectivity index (χ1) is 27.3. The van der Waals surface area contributed by atoms with Gasteiger partial charge in [-0.1, -0.05) is 188 Å². The fraction of sp³-hybridized carbons (Fsp3) is 0.0600. The molecule has 8 aromatic rings. The number of fused-ring (bicyclic) bond motifs is 2. The van der Waals surface area contributed by atoms with E-state index in [1.165, 1.54) is 49.4 Å². The third kappa shape index (κ3) is 10.9. The number of rotatable bonds is 5. The molecule has 0 aliphatic rings. The number of hydrogen-bond donors (Lipinski definition) is 5. The van der Waals surface area contributed by atoms with E-state index in [9.17, 15) is 0 Å². The molecule has 0 saturated heterocycles. The van der Waals surface area contributed by atoms with Crippen LogP contribution in [0.1, 0.15) is 33.4 Å². The highest BCUT2D eigenvalue weighted by Gasteiger charge is 2.09. The van der Waals surface area contributed by atoms with Gasteiger partial charge in [0, 0.05) is 23.2 Å². The molecule has 0 amide bonds. The largest absolute Gasteiger partial charge is 0.384 e. The maximum Gasteiger partial charge on any atom is 0.154 e. The van der Waals surface area contributed by atoms with E-state index < -0.39 is 0 Å². The minimum Gasteiger partial charge on any atom is -0.384 e. The quantitative estimate of drug-likeness (QED) is 0.0684. The third-order valence-corrected chi connectivity index (χ3v) is 9.18. The average molecular weight is 733 g/mol. The molecule has 8 rings (SSSR count). The summed E-state index contributed by atoms with van der Waals surface area (Å²) in [7, 11) is 0. The summed E-state index contributed by atoms with van der Waals surface area (Å²) in [5.41, 5.74) is 25.2. The second-order valence-electron chi connectivity index (χ2n) is 13.0. The first-order valence-electron chi connectivity index (χ1n) is 18.4. The summed E-state index contributed by atoms with van der Waals surface area (Å²) in [5.74, 6) is 0.655. The van der Waals surface area contributed by atoms with Gasteiger partial charge in [0.15, 0.2) is 5.84 Å². The van der Waals surface area contributed by atoms with Crippen LogP contribution in [0.15, 0.2) is 199 Å². The molecule has 0 heterocycles. The molecule has 0 saturated carbocycles. The SMILES string of the molecule is Cc1c2ccccc2c(C)c2cc(-c3ccccc3)ccc12.N=C(N)c1ccccc1.N=C(N=C(N)c1ccccc1)c1ccccc1.NCc1ccccc1. The summed E-state index contributed by atoms with van der Waals surface area (Å²) in [6, 6.07) is 64.1. The predicted octanol–water partition coefficient (Wildman–Crippen LogP) is 10.8. The molecule has 0 aliphatic carbocycles. The molecule has 6 nitrogen and oxygen atoms in total. The number of benzene rings is 8. The van der Waals surface area contributed by atoms with Crippen molar-refractivity contribution in [1.82, 2.24) is 0 Å². The highest BCUT2D eigenvalue weighted by molar-refractivity contribution is 6.10. The molecule has 0 unspecified atom stereocenters. The lowest BCUT2D eigenvalue weighted by Crippen LogP contribution is -2.15. The molecule has 0 fully saturated rings. The van der Waals surface area contributed by atoms with Gasteiger partial charge in [0.05, 0.1) is 0 Å². The molecule has 0 bridgehead atoms. The van der Waals surface area contributed by atoms with E-state index in [1.807, 2.05) is 121 Å². The standard InChI is InChI=1S/C22H18.C14H13N3.C7H8N2.C7H9N/c1-15-19-10-6-7-11-20(19)16(2)22-14-18(12-13-21(15)22)17-8-4-3-5-9-17;15-13(11-7-3-1-4-8-11)17-14(16)12-9-5-2-6-10-12;8-7(9)6-4-2-1-3-5-6;8-6-7-4-2-1-3-5-7/h3-14H,1-2H3;1-10H,(H3,15,16,17);1-5H,(H3,8,9);1-5H,6,8H2. The normalized spacial score (nSPS) is 10.5. The van der Waals surface area contributed by atoms with Crippen molar-refractivity contribution >= 4 is 39.1 Å². The van der Waals surface area contributed by atoms with E-state index in [0.717, 1.165) is 16.7 Å². The third-order valence-electron chi connectivity index (χ3n) is 9.18. The Labute approximate surface area is 330 Å². The minimum absolute atomic E-state index is 0.121. The van der Waals surface area contributed by atoms with Crippen molar-refractivity contribution in [2.24, 2.45) is 22.2 Å². The van der Waals surface area contributed by atoms with Gasteiger partial charge in [-0.15, -0.1) is 0 Å². The lowest BCUT2D eigenvalue weighted by molar-refractivity contribution is 1.07. The fourth-order valence-corrected chi connectivity index (χ4v) is 6.11. The van der Waals surface area contributed by atoms with Crippen molar-refractivity contribution in [1.29, 1.82) is 10.8 Å². The Morgan fingerprint density at radius 3 is 1.32 bits per heavy atom. The second-order valence-corrected chi connectivity index (χ2v) is 13.0. The number of nitrogens with two attached hydrogens (primary N) is 3. The topological polar surface area (TPSA) is 138 Å². The van der Waals surface area contributed by atoms with Crippen LogP contribution in [0.25, 0.3) is 32.7 Å². The highest BCUT2D eigenvalue weighted by Crippen LogP contribution is 2.34. The lowest BCUT2D eigenvalue weighted by Gasteiger charge is -2.13. The van der Waals surface area contributed by atoms with Crippen LogP contribution in [0.2, 0.25) is 0 Å². The summed E-state index contributed by atoms with van der Waals surface area (Å²) in [6.07, 6.45) is 0. The minimum atomic E-state index is 0.121. The van der Waals surface area contributed by atoms with E-state index in [2.05, 4.69) is 91.6 Å². The van der Waals surface area contributed by atoms with Crippen LogP contribution < -0.4 is 17.2 Å². The molecule has 6 heteroatoms. The summed E-state index contributed by atoms with van der Waals surface area (Å²) in [5, 5.41) is 20.3. The van der Waals surface area contributed by atoms with Crippen LogP contribution in [-0.2, 0) is 6.54 Å². The van der Waals surface area contributed by atoms with Crippen LogP contribution in [0, 0.1) is 24.7 Å². The van der Waals surface area contributed by atoms with E-state index in [1.54, 1.807) is 0 Å². The zero-order valence-electron chi connectivity index (χ0n) is 31.9. The van der Waals surface area contributed by atoms with Gasteiger partial charge in [0.1, 0.15) is 11.7 Å². The molecule has 0 atom stereocenters. The number of nitrogen functional groups attached to an aromatic ring is 1. The second kappa shape index (κ2) is 20.3. The number of nitrogens with zero attached hydrogens (tertiary/aromatic N) is 1. The monoisotopic (exact) mass is 732 g/mol. The maximum absolute atomic E-state index is 7.84. The van der Waals surface area contributed by atoms with Crippen molar-refractivity contribution < 1.29 is 0 Å². The van der Waals surface area contributed by atoms with Crippen LogP contribution in [0.5, 0.6) is 0 Å². The number of hydrogen-bond acceptors (Lipinski definition) is 3. The predicted molar refractivity (Wildman–Crippen MR) is 239 cm³/mol. The van der Waals surface area contributed by atoms with E-state index in [-0.39, 0.29) is 11.7 Å². The van der Waals surface area contributed by atoms with Crippen molar-refractivity contribution in [2.75, 3.05) is 0 Å². The van der Waals surface area contributed by atoms with Crippen molar-refractivity contribution in [3.8, 4) is 11.1 Å². The number of amidine groups is 3. The Hall–Kier alpha value is -7.15. The fourth-order valence-electron chi connectivity index (χ4n) is 6.11. The zero-order chi connectivity index (χ0) is 39.7. The van der Waals surface area contributed by atoms with Crippen molar-refractivity contribution in [3.63, 3.8) is 0 Å². The lowest BCUT2D eigenvalue weighted by atomic mass is 9.91. The number of aliphatic imine (C=N–C) groups is 1. The average Bonchev–Trinajstić information content (AvgIpc) is 3.27. The molecule has 56 heavy (non-hydrogen) atoms. The van der Waals surface area contributed by atoms with Gasteiger partial charge in [-0.3, -0.25) is 10.8 Å².